The van der Waals surface area contributed by atoms with E-state index in [2.05, 4.69) is 42.2 Å². The predicted molar refractivity (Wildman–Crippen MR) is 219 cm³/mol. The van der Waals surface area contributed by atoms with Gasteiger partial charge in [0, 0.05) is 30.3 Å². The van der Waals surface area contributed by atoms with Gasteiger partial charge in [-0.3, -0.25) is 43.2 Å². The molecule has 62 heavy (non-hydrogen) atoms. The van der Waals surface area contributed by atoms with Gasteiger partial charge in [-0.05, 0) is 23.5 Å². The summed E-state index contributed by atoms with van der Waals surface area (Å²) in [5.74, 6) is -11.2. The van der Waals surface area contributed by atoms with E-state index in [9.17, 15) is 56.7 Å². The largest absolute Gasteiger partial charge is 0.391 e. The molecule has 1 unspecified atom stereocenters. The topological polar surface area (TPSA) is 337 Å². The van der Waals surface area contributed by atoms with Crippen LogP contribution in [0.25, 0.3) is 10.9 Å². The number of aromatic nitrogens is 1. The van der Waals surface area contributed by atoms with Crippen molar-refractivity contribution in [3.63, 3.8) is 0 Å². The normalized spacial score (nSPS) is 28.1. The fourth-order valence-corrected chi connectivity index (χ4v) is 9.35. The highest BCUT2D eigenvalue weighted by Gasteiger charge is 2.45. The molecule has 2 bridgehead atoms. The summed E-state index contributed by atoms with van der Waals surface area (Å²) in [5.41, 5.74) is 5.72. The van der Waals surface area contributed by atoms with Crippen LogP contribution < -0.4 is 43.0 Å². The lowest BCUT2D eigenvalue weighted by atomic mass is 9.96. The number of benzene rings is 1. The zero-order valence-electron chi connectivity index (χ0n) is 34.7. The van der Waals surface area contributed by atoms with E-state index < -0.39 is 160 Å². The number of carbonyl (C=O) groups is 9. The number of nitrogens with two attached hydrogens (primary N) is 1. The second-order valence-corrected chi connectivity index (χ2v) is 18.0. The lowest BCUT2D eigenvalue weighted by Crippen LogP contribution is -2.61. The molecule has 2 aromatic rings. The van der Waals surface area contributed by atoms with Gasteiger partial charge in [-0.1, -0.05) is 58.7 Å². The van der Waals surface area contributed by atoms with E-state index in [1.54, 1.807) is 52.0 Å². The maximum Gasteiger partial charge on any atom is 0.246 e. The fraction of sp³-hybridized carbons (Fsp3) is 0.564. The zero-order chi connectivity index (χ0) is 45.6. The predicted octanol–water partition coefficient (Wildman–Crippen LogP) is -3.90. The van der Waals surface area contributed by atoms with Crippen LogP contribution in [0.5, 0.6) is 0 Å². The highest BCUT2D eigenvalue weighted by molar-refractivity contribution is 7.91. The van der Waals surface area contributed by atoms with E-state index in [1.807, 2.05) is 0 Å². The van der Waals surface area contributed by atoms with Crippen LogP contribution in [0.15, 0.2) is 29.3 Å². The summed E-state index contributed by atoms with van der Waals surface area (Å²) in [5, 5.41) is 27.7. The molecule has 338 valence electrons. The second kappa shape index (κ2) is 19.7. The molecule has 1 saturated heterocycles. The van der Waals surface area contributed by atoms with Crippen LogP contribution >= 0.6 is 0 Å². The summed E-state index contributed by atoms with van der Waals surface area (Å²) < 4.78 is 29.2. The van der Waals surface area contributed by atoms with Gasteiger partial charge in [0.05, 0.1) is 31.4 Å². The molecule has 1 aromatic carbocycles. The highest BCUT2D eigenvalue weighted by atomic mass is 32.2. The molecule has 3 aliphatic heterocycles. The van der Waals surface area contributed by atoms with Gasteiger partial charge in [0.15, 0.2) is 9.84 Å². The van der Waals surface area contributed by atoms with Crippen LogP contribution in [0.4, 0.5) is 0 Å². The van der Waals surface area contributed by atoms with E-state index >= 15 is 0 Å². The monoisotopic (exact) mass is 886 g/mol. The third-order valence-corrected chi connectivity index (χ3v) is 13.2. The number of fused-ring (bicyclic) bond motifs is 5. The number of carbonyl (C=O) groups excluding carboxylic acids is 9. The Balaban J connectivity index is 1.73. The number of rotatable bonds is 6. The highest BCUT2D eigenvalue weighted by Crippen LogP contribution is 2.29. The molecule has 1 aromatic heterocycles. The summed E-state index contributed by atoms with van der Waals surface area (Å²) in [4.78, 5) is 127. The minimum absolute atomic E-state index is 0.0242. The molecule has 0 aliphatic carbocycles. The molecule has 9 atom stereocenters. The Labute approximate surface area is 356 Å². The first kappa shape index (κ1) is 47.0. The summed E-state index contributed by atoms with van der Waals surface area (Å²) >= 11 is 0. The fourth-order valence-electron chi connectivity index (χ4n) is 7.67. The number of aromatic amines is 1. The molecular weight excluding hydrogens is 833 g/mol. The maximum absolute atomic E-state index is 14.6. The molecule has 23 heteroatoms. The molecular formula is C39H54N10O12S. The van der Waals surface area contributed by atoms with Gasteiger partial charge >= 0.3 is 0 Å². The number of primary amides is 1. The number of aliphatic hydroxyl groups excluding tert-OH is 1. The molecule has 9 amide bonds. The average molecular weight is 887 g/mol. The molecule has 0 spiro atoms. The van der Waals surface area contributed by atoms with Crippen molar-refractivity contribution >= 4 is 73.9 Å². The number of nitrogens with zero attached hydrogens (tertiary/aromatic N) is 1. The van der Waals surface area contributed by atoms with E-state index in [1.165, 1.54) is 0 Å². The molecule has 1 fully saturated rings. The quantitative estimate of drug-likeness (QED) is 0.133. The number of hydrogen-bond acceptors (Lipinski definition) is 12. The first-order valence-corrected chi connectivity index (χ1v) is 22.0. The Bertz CT molecular complexity index is 2230. The maximum atomic E-state index is 14.6. The SMILES string of the molecule is CCC(C)[C@@H]1NC(=O)[C@@H]2C[C@@H](O)CN2C(=O)[C@H](CC(N)=O)NC(=O)[C@@H]2CS(=O)(=O)c3[nH]c4ccccc4c3C[C@@H](NC1=O)C(=O)NCC(=O)N[C@@H]([C@@H](C)CC)C(=O)NCC(=O)N2. The van der Waals surface area contributed by atoms with Gasteiger partial charge in [-0.2, -0.15) is 0 Å². The minimum Gasteiger partial charge on any atom is -0.391 e. The Morgan fingerprint density at radius 2 is 1.40 bits per heavy atom. The Morgan fingerprint density at radius 3 is 2.05 bits per heavy atom. The molecule has 3 aliphatic rings. The molecule has 0 radical (unpaired) electrons. The van der Waals surface area contributed by atoms with Gasteiger partial charge in [0.1, 0.15) is 41.3 Å². The number of H-pyrrole nitrogens is 1. The number of para-hydroxylation sites is 1. The summed E-state index contributed by atoms with van der Waals surface area (Å²) in [6, 6.07) is -3.26. The number of sulfone groups is 1. The van der Waals surface area contributed by atoms with Crippen LogP contribution in [-0.4, -0.2) is 144 Å². The van der Waals surface area contributed by atoms with E-state index in [4.69, 9.17) is 5.73 Å². The van der Waals surface area contributed by atoms with Crippen molar-refractivity contribution in [2.24, 2.45) is 17.6 Å². The van der Waals surface area contributed by atoms with Crippen molar-refractivity contribution in [3.05, 3.63) is 29.8 Å². The summed E-state index contributed by atoms with van der Waals surface area (Å²) in [6.45, 7) is 4.81. The van der Waals surface area contributed by atoms with Crippen LogP contribution in [0.1, 0.15) is 58.9 Å². The molecule has 5 rings (SSSR count). The third-order valence-electron chi connectivity index (χ3n) is 11.5. The van der Waals surface area contributed by atoms with E-state index in [0.29, 0.717) is 18.2 Å². The zero-order valence-corrected chi connectivity index (χ0v) is 35.6. The number of nitrogens with one attached hydrogen (secondary N) is 8. The van der Waals surface area contributed by atoms with Crippen molar-refractivity contribution in [2.75, 3.05) is 25.4 Å². The Morgan fingerprint density at radius 1 is 0.790 bits per heavy atom. The first-order valence-electron chi connectivity index (χ1n) is 20.4. The smallest absolute Gasteiger partial charge is 0.246 e. The lowest BCUT2D eigenvalue weighted by molar-refractivity contribution is -0.143. The lowest BCUT2D eigenvalue weighted by Gasteiger charge is -2.32. The van der Waals surface area contributed by atoms with Gasteiger partial charge in [0.25, 0.3) is 0 Å². The minimum atomic E-state index is -4.76. The van der Waals surface area contributed by atoms with Crippen molar-refractivity contribution in [3.8, 4) is 0 Å². The van der Waals surface area contributed by atoms with E-state index in [0.717, 1.165) is 4.90 Å². The first-order chi connectivity index (χ1) is 29.2. The van der Waals surface area contributed by atoms with Gasteiger partial charge in [-0.25, -0.2) is 8.42 Å². The number of hydrogen-bond donors (Lipinski definition) is 10. The van der Waals surface area contributed by atoms with Crippen molar-refractivity contribution in [1.82, 2.24) is 47.1 Å². The Kier molecular flexibility index (Phi) is 14.9. The Hall–Kier alpha value is -6.10. The average Bonchev–Trinajstić information content (AvgIpc) is 3.81. The number of aliphatic hydroxyl groups is 1. The van der Waals surface area contributed by atoms with Crippen LogP contribution in [0, 0.1) is 11.8 Å². The van der Waals surface area contributed by atoms with Gasteiger partial charge in [0.2, 0.25) is 53.2 Å². The van der Waals surface area contributed by atoms with Crippen LogP contribution in [0.2, 0.25) is 0 Å². The standard InChI is InChI=1S/C39H54N10O12S/c1-5-18(3)31-36(57)42-14-29(52)43-26-17-62(60,61)38-22(21-9-7-8-10-23(21)46-38)12-24(33(54)41-15-30(53)47-31)44-37(58)32(19(4)6-2)48-35(56)27-11-20(50)16-49(27)39(59)25(13-28(40)51)45-34(26)55/h7-10,18-20,24-27,31-32,46,50H,5-6,11-17H2,1-4H3,(H2,40,51)(H,41,54)(H,42,57)(H,43,52)(H,44,58)(H,45,55)(H,47,53)(H,48,56)/t18-,19?,20+,24+,25-,26-,27-,31-,32-/m0/s1. The van der Waals surface area contributed by atoms with Crippen molar-refractivity contribution in [2.45, 2.75) is 107 Å². The van der Waals surface area contributed by atoms with Crippen LogP contribution in [0.3, 0.4) is 0 Å². The molecule has 11 N–H and O–H groups in total. The van der Waals surface area contributed by atoms with Gasteiger partial charge < -0.3 is 57.9 Å². The van der Waals surface area contributed by atoms with Crippen LogP contribution in [-0.2, 0) is 59.4 Å². The number of amides is 9. The van der Waals surface area contributed by atoms with Gasteiger partial charge in [-0.15, -0.1) is 0 Å². The molecule has 4 heterocycles. The van der Waals surface area contributed by atoms with Crippen molar-refractivity contribution < 1.29 is 56.7 Å². The summed E-state index contributed by atoms with van der Waals surface area (Å²) in [7, 11) is -4.76. The third kappa shape index (κ3) is 10.9. The van der Waals surface area contributed by atoms with Crippen molar-refractivity contribution in [1.29, 1.82) is 0 Å². The van der Waals surface area contributed by atoms with E-state index in [-0.39, 0.29) is 17.5 Å². The molecule has 22 nitrogen and oxygen atoms in total. The molecule has 0 saturated carbocycles. The second-order valence-electron chi connectivity index (χ2n) is 16.0. The summed E-state index contributed by atoms with van der Waals surface area (Å²) in [6.07, 6.45) is -2.28.